The molecule has 25 heavy (non-hydrogen) atoms. The van der Waals surface area contributed by atoms with Crippen LogP contribution in [0.4, 0.5) is 0 Å². The molecule has 1 aromatic rings. The summed E-state index contributed by atoms with van der Waals surface area (Å²) in [6.07, 6.45) is 1.19. The van der Waals surface area contributed by atoms with Gasteiger partial charge >= 0.3 is 5.97 Å². The fourth-order valence-corrected chi connectivity index (χ4v) is 2.74. The van der Waals surface area contributed by atoms with Gasteiger partial charge in [0.25, 0.3) is 0 Å². The first kappa shape index (κ1) is 21.1. The van der Waals surface area contributed by atoms with E-state index in [4.69, 9.17) is 18.9 Å². The molecule has 1 rings (SSSR count). The predicted molar refractivity (Wildman–Crippen MR) is 97.4 cm³/mol. The predicted octanol–water partition coefficient (Wildman–Crippen LogP) is 3.17. The Bertz CT molecular complexity index is 540. The molecule has 0 amide bonds. The third kappa shape index (κ3) is 6.82. The van der Waals surface area contributed by atoms with Gasteiger partial charge in [0.2, 0.25) is 5.75 Å². The monoisotopic (exact) mass is 353 g/mol. The SMILES string of the molecule is COC(=O)CC(CC(C)(C)C)NCc1cc(OC)c(OC)c(OC)c1. The van der Waals surface area contributed by atoms with Gasteiger partial charge in [0.15, 0.2) is 11.5 Å². The Hall–Kier alpha value is -1.95. The van der Waals surface area contributed by atoms with Crippen molar-refractivity contribution in [3.8, 4) is 17.2 Å². The summed E-state index contributed by atoms with van der Waals surface area (Å²) in [5.74, 6) is 1.57. The maximum absolute atomic E-state index is 11.7. The van der Waals surface area contributed by atoms with Gasteiger partial charge in [-0.3, -0.25) is 4.79 Å². The van der Waals surface area contributed by atoms with Crippen molar-refractivity contribution in [2.75, 3.05) is 28.4 Å². The number of ether oxygens (including phenoxy) is 4. The van der Waals surface area contributed by atoms with Crippen molar-refractivity contribution in [1.82, 2.24) is 5.32 Å². The highest BCUT2D eigenvalue weighted by Crippen LogP contribution is 2.38. The number of carbonyl (C=O) groups is 1. The minimum absolute atomic E-state index is 0.0199. The van der Waals surface area contributed by atoms with Crippen LogP contribution in [0.25, 0.3) is 0 Å². The Morgan fingerprint density at radius 1 is 1.04 bits per heavy atom. The number of hydrogen-bond donors (Lipinski definition) is 1. The Morgan fingerprint density at radius 3 is 2.00 bits per heavy atom. The zero-order chi connectivity index (χ0) is 19.0. The molecule has 1 N–H and O–H groups in total. The second kappa shape index (κ2) is 9.51. The van der Waals surface area contributed by atoms with Crippen molar-refractivity contribution >= 4 is 5.97 Å². The molecule has 0 fully saturated rings. The van der Waals surface area contributed by atoms with Crippen LogP contribution in [-0.4, -0.2) is 40.5 Å². The molecule has 0 aliphatic rings. The molecule has 142 valence electrons. The minimum atomic E-state index is -0.216. The van der Waals surface area contributed by atoms with Crippen LogP contribution in [-0.2, 0) is 16.1 Å². The number of methoxy groups -OCH3 is 4. The highest BCUT2D eigenvalue weighted by Gasteiger charge is 2.22. The number of rotatable bonds is 9. The average Bonchev–Trinajstić information content (AvgIpc) is 2.56. The number of esters is 1. The summed E-state index contributed by atoms with van der Waals surface area (Å²) in [5.41, 5.74) is 1.08. The van der Waals surface area contributed by atoms with Crippen LogP contribution in [0.15, 0.2) is 12.1 Å². The van der Waals surface area contributed by atoms with Gasteiger partial charge in [-0.15, -0.1) is 0 Å². The largest absolute Gasteiger partial charge is 0.493 e. The first-order valence-corrected chi connectivity index (χ1v) is 8.33. The number of nitrogens with one attached hydrogen (secondary N) is 1. The Kier molecular flexibility index (Phi) is 8.03. The molecule has 0 aliphatic carbocycles. The molecule has 1 unspecified atom stereocenters. The van der Waals surface area contributed by atoms with Crippen molar-refractivity contribution in [3.63, 3.8) is 0 Å². The second-order valence-corrected chi connectivity index (χ2v) is 7.16. The van der Waals surface area contributed by atoms with E-state index in [9.17, 15) is 4.79 Å². The lowest BCUT2D eigenvalue weighted by Gasteiger charge is -2.26. The standard InChI is InChI=1S/C19H31NO5/c1-19(2,3)11-14(10-17(21)24-6)20-12-13-8-15(22-4)18(25-7)16(9-13)23-5/h8-9,14,20H,10-12H2,1-7H3. The van der Waals surface area contributed by atoms with E-state index in [0.717, 1.165) is 12.0 Å². The lowest BCUT2D eigenvalue weighted by molar-refractivity contribution is -0.141. The van der Waals surface area contributed by atoms with E-state index in [-0.39, 0.29) is 17.4 Å². The molecule has 0 heterocycles. The highest BCUT2D eigenvalue weighted by atomic mass is 16.5. The maximum Gasteiger partial charge on any atom is 0.307 e. The molecule has 0 radical (unpaired) electrons. The van der Waals surface area contributed by atoms with E-state index in [1.807, 2.05) is 12.1 Å². The first-order valence-electron chi connectivity index (χ1n) is 8.33. The molecule has 0 spiro atoms. The fourth-order valence-electron chi connectivity index (χ4n) is 2.74. The van der Waals surface area contributed by atoms with Crippen LogP contribution in [0.2, 0.25) is 0 Å². The molecule has 0 aliphatic heterocycles. The second-order valence-electron chi connectivity index (χ2n) is 7.16. The fraction of sp³-hybridized carbons (Fsp3) is 0.632. The smallest absolute Gasteiger partial charge is 0.307 e. The Labute approximate surface area is 150 Å². The van der Waals surface area contributed by atoms with E-state index in [1.165, 1.54) is 7.11 Å². The average molecular weight is 353 g/mol. The number of benzene rings is 1. The Morgan fingerprint density at radius 2 is 1.60 bits per heavy atom. The lowest BCUT2D eigenvalue weighted by Crippen LogP contribution is -2.34. The van der Waals surface area contributed by atoms with Crippen molar-refractivity contribution < 1.29 is 23.7 Å². The summed E-state index contributed by atoms with van der Waals surface area (Å²) in [6.45, 7) is 7.03. The zero-order valence-electron chi connectivity index (χ0n) is 16.4. The van der Waals surface area contributed by atoms with Crippen molar-refractivity contribution in [2.45, 2.75) is 46.2 Å². The topological polar surface area (TPSA) is 66.0 Å². The summed E-state index contributed by atoms with van der Waals surface area (Å²) in [5, 5.41) is 3.45. The van der Waals surface area contributed by atoms with Gasteiger partial charge in [0.1, 0.15) is 0 Å². The molecule has 1 atom stereocenters. The summed E-state index contributed by atoms with van der Waals surface area (Å²) < 4.78 is 20.9. The van der Waals surface area contributed by atoms with E-state index < -0.39 is 0 Å². The summed E-state index contributed by atoms with van der Waals surface area (Å²) >= 11 is 0. The van der Waals surface area contributed by atoms with Crippen LogP contribution >= 0.6 is 0 Å². The highest BCUT2D eigenvalue weighted by molar-refractivity contribution is 5.69. The van der Waals surface area contributed by atoms with Crippen molar-refractivity contribution in [1.29, 1.82) is 0 Å². The third-order valence-corrected chi connectivity index (χ3v) is 3.82. The van der Waals surface area contributed by atoms with Gasteiger partial charge in [-0.2, -0.15) is 0 Å². The first-order chi connectivity index (χ1) is 11.7. The molecule has 0 saturated heterocycles. The van der Waals surface area contributed by atoms with Gasteiger partial charge in [-0.05, 0) is 29.5 Å². The molecule has 1 aromatic carbocycles. The molecule has 6 nitrogen and oxygen atoms in total. The molecule has 6 heteroatoms. The van der Waals surface area contributed by atoms with Gasteiger partial charge in [0, 0.05) is 12.6 Å². The molecule has 0 aromatic heterocycles. The van der Waals surface area contributed by atoms with Crippen LogP contribution in [0.1, 0.15) is 39.2 Å². The molecular weight excluding hydrogens is 322 g/mol. The van der Waals surface area contributed by atoms with Gasteiger partial charge < -0.3 is 24.3 Å². The van der Waals surface area contributed by atoms with E-state index >= 15 is 0 Å². The van der Waals surface area contributed by atoms with E-state index in [2.05, 4.69) is 26.1 Å². The normalized spacial score (nSPS) is 12.4. The molecule has 0 saturated carbocycles. The van der Waals surface area contributed by atoms with Crippen LogP contribution in [0, 0.1) is 5.41 Å². The van der Waals surface area contributed by atoms with Gasteiger partial charge in [-0.1, -0.05) is 20.8 Å². The van der Waals surface area contributed by atoms with Crippen molar-refractivity contribution in [2.24, 2.45) is 5.41 Å². The molecular formula is C19H31NO5. The minimum Gasteiger partial charge on any atom is -0.493 e. The number of carbonyl (C=O) groups excluding carboxylic acids is 1. The molecule has 0 bridgehead atoms. The maximum atomic E-state index is 11.7. The van der Waals surface area contributed by atoms with E-state index in [1.54, 1.807) is 21.3 Å². The summed E-state index contributed by atoms with van der Waals surface area (Å²) in [6, 6.07) is 3.83. The summed E-state index contributed by atoms with van der Waals surface area (Å²) in [4.78, 5) is 11.7. The van der Waals surface area contributed by atoms with E-state index in [0.29, 0.717) is 30.2 Å². The van der Waals surface area contributed by atoms with Crippen LogP contribution in [0.5, 0.6) is 17.2 Å². The number of hydrogen-bond acceptors (Lipinski definition) is 6. The van der Waals surface area contributed by atoms with Gasteiger partial charge in [0.05, 0.1) is 34.9 Å². The quantitative estimate of drug-likeness (QED) is 0.688. The summed E-state index contributed by atoms with van der Waals surface area (Å²) in [7, 11) is 6.17. The third-order valence-electron chi connectivity index (χ3n) is 3.82. The van der Waals surface area contributed by atoms with Crippen molar-refractivity contribution in [3.05, 3.63) is 17.7 Å². The van der Waals surface area contributed by atoms with Gasteiger partial charge in [-0.25, -0.2) is 0 Å². The lowest BCUT2D eigenvalue weighted by atomic mass is 9.87. The zero-order valence-corrected chi connectivity index (χ0v) is 16.4. The Balaban J connectivity index is 2.92. The van der Waals surface area contributed by atoms with Crippen LogP contribution < -0.4 is 19.5 Å². The van der Waals surface area contributed by atoms with Crippen LogP contribution in [0.3, 0.4) is 0 Å².